The van der Waals surface area contributed by atoms with Gasteiger partial charge >= 0.3 is 0 Å². The highest BCUT2D eigenvalue weighted by molar-refractivity contribution is 7.98. The van der Waals surface area contributed by atoms with E-state index in [9.17, 15) is 13.2 Å². The first-order chi connectivity index (χ1) is 14.8. The van der Waals surface area contributed by atoms with E-state index in [1.165, 1.54) is 22.5 Å². The van der Waals surface area contributed by atoms with Crippen LogP contribution in [0.15, 0.2) is 52.3 Å². The summed E-state index contributed by atoms with van der Waals surface area (Å²) in [6.45, 7) is 2.73. The van der Waals surface area contributed by atoms with Crippen LogP contribution in [0.25, 0.3) is 0 Å². The largest absolute Gasteiger partial charge is 0.482 e. The number of sulfonamides is 1. The average Bonchev–Trinajstić information content (AvgIpc) is 2.78. The summed E-state index contributed by atoms with van der Waals surface area (Å²) in [6.07, 6.45) is 4.79. The minimum absolute atomic E-state index is 0.138. The molecule has 0 bridgehead atoms. The van der Waals surface area contributed by atoms with Crippen molar-refractivity contribution >= 4 is 39.3 Å². The molecular formula is C22H27ClN2O4S2. The molecule has 1 atom stereocenters. The molecule has 0 spiro atoms. The second kappa shape index (κ2) is 10.7. The summed E-state index contributed by atoms with van der Waals surface area (Å²) in [5, 5.41) is 3.04. The van der Waals surface area contributed by atoms with Gasteiger partial charge in [0.15, 0.2) is 6.61 Å². The van der Waals surface area contributed by atoms with Crippen molar-refractivity contribution in [2.45, 2.75) is 42.0 Å². The predicted octanol–water partition coefficient (Wildman–Crippen LogP) is 4.49. The van der Waals surface area contributed by atoms with Crippen LogP contribution in [-0.2, 0) is 14.8 Å². The fourth-order valence-electron chi connectivity index (χ4n) is 3.42. The van der Waals surface area contributed by atoms with Crippen molar-refractivity contribution in [3.8, 4) is 5.75 Å². The molecule has 2 aromatic rings. The van der Waals surface area contributed by atoms with Gasteiger partial charge in [-0.05, 0) is 61.9 Å². The molecule has 1 unspecified atom stereocenters. The molecule has 1 aliphatic heterocycles. The number of piperidine rings is 1. The van der Waals surface area contributed by atoms with E-state index >= 15 is 0 Å². The van der Waals surface area contributed by atoms with Crippen molar-refractivity contribution in [1.82, 2.24) is 9.62 Å². The Labute approximate surface area is 193 Å². The van der Waals surface area contributed by atoms with Crippen LogP contribution in [0.3, 0.4) is 0 Å². The van der Waals surface area contributed by atoms with Crippen LogP contribution in [0.2, 0.25) is 5.02 Å². The zero-order chi connectivity index (χ0) is 22.4. The maximum atomic E-state index is 12.8. The Morgan fingerprint density at radius 1 is 1.16 bits per heavy atom. The zero-order valence-electron chi connectivity index (χ0n) is 17.6. The lowest BCUT2D eigenvalue weighted by molar-refractivity contribution is -0.123. The van der Waals surface area contributed by atoms with Crippen molar-refractivity contribution in [3.63, 3.8) is 0 Å². The summed E-state index contributed by atoms with van der Waals surface area (Å²) in [4.78, 5) is 13.6. The Morgan fingerprint density at radius 2 is 1.84 bits per heavy atom. The number of hydrogen-bond donors (Lipinski definition) is 1. The monoisotopic (exact) mass is 482 g/mol. The number of ether oxygens (including phenoxy) is 1. The molecule has 1 amide bonds. The number of rotatable bonds is 8. The molecule has 1 saturated heterocycles. The number of halogens is 1. The molecule has 0 aromatic heterocycles. The van der Waals surface area contributed by atoms with Crippen LogP contribution < -0.4 is 10.1 Å². The van der Waals surface area contributed by atoms with E-state index in [4.69, 9.17) is 16.3 Å². The van der Waals surface area contributed by atoms with Gasteiger partial charge < -0.3 is 10.1 Å². The van der Waals surface area contributed by atoms with E-state index in [1.807, 2.05) is 37.4 Å². The first kappa shape index (κ1) is 23.9. The van der Waals surface area contributed by atoms with Gasteiger partial charge in [-0.1, -0.05) is 30.2 Å². The van der Waals surface area contributed by atoms with Gasteiger partial charge in [0, 0.05) is 18.0 Å². The third-order valence-electron chi connectivity index (χ3n) is 5.21. The molecule has 168 valence electrons. The van der Waals surface area contributed by atoms with E-state index in [0.717, 1.165) is 29.7 Å². The van der Waals surface area contributed by atoms with Crippen molar-refractivity contribution in [2.75, 3.05) is 26.0 Å². The fraction of sp³-hybridized carbons (Fsp3) is 0.409. The molecule has 0 radical (unpaired) electrons. The minimum atomic E-state index is -3.57. The normalized spacial score (nSPS) is 16.0. The van der Waals surface area contributed by atoms with Gasteiger partial charge in [-0.15, -0.1) is 11.8 Å². The van der Waals surface area contributed by atoms with Gasteiger partial charge in [0.2, 0.25) is 10.0 Å². The third-order valence-corrected chi connectivity index (χ3v) is 8.14. The number of thioether (sulfide) groups is 1. The molecule has 1 N–H and O–H groups in total. The van der Waals surface area contributed by atoms with Gasteiger partial charge in [-0.2, -0.15) is 4.31 Å². The average molecular weight is 483 g/mol. The summed E-state index contributed by atoms with van der Waals surface area (Å²) in [5.41, 5.74) is 0.997. The fourth-order valence-corrected chi connectivity index (χ4v) is 5.67. The number of benzene rings is 2. The molecule has 1 aliphatic rings. The quantitative estimate of drug-likeness (QED) is 0.561. The number of carbonyl (C=O) groups is 1. The highest BCUT2D eigenvalue weighted by Crippen LogP contribution is 2.29. The molecule has 9 heteroatoms. The summed E-state index contributed by atoms with van der Waals surface area (Å²) < 4.78 is 32.6. The first-order valence-corrected chi connectivity index (χ1v) is 13.2. The molecule has 0 aliphatic carbocycles. The topological polar surface area (TPSA) is 75.7 Å². The number of carbonyl (C=O) groups excluding carboxylic acids is 1. The smallest absolute Gasteiger partial charge is 0.258 e. The number of hydrogen-bond acceptors (Lipinski definition) is 5. The molecule has 1 fully saturated rings. The highest BCUT2D eigenvalue weighted by atomic mass is 35.5. The molecular weight excluding hydrogens is 456 g/mol. The predicted molar refractivity (Wildman–Crippen MR) is 124 cm³/mol. The van der Waals surface area contributed by atoms with Gasteiger partial charge in [0.05, 0.1) is 16.0 Å². The van der Waals surface area contributed by atoms with Crippen LogP contribution in [0, 0.1) is 0 Å². The third kappa shape index (κ3) is 6.16. The Balaban J connectivity index is 1.58. The molecule has 2 aromatic carbocycles. The number of nitrogens with zero attached hydrogens (tertiary/aromatic N) is 1. The van der Waals surface area contributed by atoms with Crippen molar-refractivity contribution in [3.05, 3.63) is 53.1 Å². The van der Waals surface area contributed by atoms with Crippen LogP contribution in [-0.4, -0.2) is 44.6 Å². The Morgan fingerprint density at radius 3 is 2.45 bits per heavy atom. The van der Waals surface area contributed by atoms with E-state index < -0.39 is 10.0 Å². The maximum absolute atomic E-state index is 12.8. The van der Waals surface area contributed by atoms with Crippen molar-refractivity contribution in [2.24, 2.45) is 0 Å². The highest BCUT2D eigenvalue weighted by Gasteiger charge is 2.26. The Kier molecular flexibility index (Phi) is 8.27. The van der Waals surface area contributed by atoms with Crippen molar-refractivity contribution < 1.29 is 17.9 Å². The lowest BCUT2D eigenvalue weighted by Crippen LogP contribution is -2.35. The SMILES string of the molecule is CSc1ccc(C(C)NC(=O)COc2ccc(S(=O)(=O)N3CCCCC3)cc2Cl)cc1. The lowest BCUT2D eigenvalue weighted by atomic mass is 10.1. The van der Waals surface area contributed by atoms with E-state index in [0.29, 0.717) is 13.1 Å². The van der Waals surface area contributed by atoms with Crippen LogP contribution >= 0.6 is 23.4 Å². The summed E-state index contributed by atoms with van der Waals surface area (Å²) in [6, 6.07) is 12.2. The van der Waals surface area contributed by atoms with Gasteiger partial charge in [0.1, 0.15) is 5.75 Å². The van der Waals surface area contributed by atoms with Gasteiger partial charge in [-0.25, -0.2) is 8.42 Å². The molecule has 6 nitrogen and oxygen atoms in total. The van der Waals surface area contributed by atoms with Crippen molar-refractivity contribution in [1.29, 1.82) is 0 Å². The molecule has 0 saturated carbocycles. The standard InChI is InChI=1S/C22H27ClN2O4S2/c1-16(17-6-8-18(30-2)9-7-17)24-22(26)15-29-21-11-10-19(14-20(21)23)31(27,28)25-12-4-3-5-13-25/h6-11,14,16H,3-5,12-13,15H2,1-2H3,(H,24,26). The van der Waals surface area contributed by atoms with Crippen LogP contribution in [0.5, 0.6) is 5.75 Å². The van der Waals surface area contributed by atoms with E-state index in [2.05, 4.69) is 5.32 Å². The molecule has 31 heavy (non-hydrogen) atoms. The minimum Gasteiger partial charge on any atom is -0.482 e. The van der Waals surface area contributed by atoms with Gasteiger partial charge in [0.25, 0.3) is 5.91 Å². The maximum Gasteiger partial charge on any atom is 0.258 e. The van der Waals surface area contributed by atoms with Crippen LogP contribution in [0.1, 0.15) is 37.8 Å². The molecule has 3 rings (SSSR count). The summed E-state index contributed by atoms with van der Waals surface area (Å²) >= 11 is 7.91. The lowest BCUT2D eigenvalue weighted by Gasteiger charge is -2.26. The Hall–Kier alpha value is -1.74. The van der Waals surface area contributed by atoms with E-state index in [-0.39, 0.29) is 34.2 Å². The Bertz CT molecular complexity index is 1010. The molecule has 1 heterocycles. The first-order valence-electron chi connectivity index (χ1n) is 10.2. The second-order valence-electron chi connectivity index (χ2n) is 7.41. The second-order valence-corrected chi connectivity index (χ2v) is 10.6. The van der Waals surface area contributed by atoms with Gasteiger partial charge in [-0.3, -0.25) is 4.79 Å². The summed E-state index contributed by atoms with van der Waals surface area (Å²) in [5.74, 6) is -0.0195. The van der Waals surface area contributed by atoms with Crippen LogP contribution in [0.4, 0.5) is 0 Å². The van der Waals surface area contributed by atoms with E-state index in [1.54, 1.807) is 11.8 Å². The zero-order valence-corrected chi connectivity index (χ0v) is 20.0. The number of nitrogens with one attached hydrogen (secondary N) is 1. The number of amides is 1. The summed E-state index contributed by atoms with van der Waals surface area (Å²) in [7, 11) is -3.57.